The number of amides is 2. The fourth-order valence-corrected chi connectivity index (χ4v) is 2.18. The molecule has 3 nitrogen and oxygen atoms in total. The Balaban J connectivity index is 2.51. The van der Waals surface area contributed by atoms with Gasteiger partial charge in [0.1, 0.15) is 5.82 Å². The highest BCUT2D eigenvalue weighted by molar-refractivity contribution is 9.10. The van der Waals surface area contributed by atoms with Crippen molar-refractivity contribution >= 4 is 33.4 Å². The summed E-state index contributed by atoms with van der Waals surface area (Å²) in [7, 11) is 0. The topological polar surface area (TPSA) is 37.4 Å². The molecule has 0 unspecified atom stereocenters. The third kappa shape index (κ3) is 1.75. The van der Waals surface area contributed by atoms with Gasteiger partial charge in [0.05, 0.1) is 10.2 Å². The number of carbonyl (C=O) groups excluding carboxylic acids is 2. The van der Waals surface area contributed by atoms with Gasteiger partial charge in [-0.25, -0.2) is 4.39 Å². The number of halogens is 2. The van der Waals surface area contributed by atoms with Crippen molar-refractivity contribution in [3.63, 3.8) is 0 Å². The highest BCUT2D eigenvalue weighted by Gasteiger charge is 2.31. The third-order valence-electron chi connectivity index (χ3n) is 2.53. The van der Waals surface area contributed by atoms with E-state index < -0.39 is 5.82 Å². The second-order valence-electron chi connectivity index (χ2n) is 3.68. The average Bonchev–Trinajstić information content (AvgIpc) is 2.53. The fourth-order valence-electron chi connectivity index (χ4n) is 1.72. The Morgan fingerprint density at radius 3 is 2.38 bits per heavy atom. The van der Waals surface area contributed by atoms with E-state index in [4.69, 9.17) is 0 Å². The molecule has 5 heteroatoms. The van der Waals surface area contributed by atoms with Crippen molar-refractivity contribution in [1.29, 1.82) is 0 Å². The first kappa shape index (κ1) is 11.3. The van der Waals surface area contributed by atoms with Gasteiger partial charge < -0.3 is 0 Å². The molecule has 1 aromatic rings. The summed E-state index contributed by atoms with van der Waals surface area (Å²) in [5.74, 6) is -1.02. The Labute approximate surface area is 100 Å². The van der Waals surface area contributed by atoms with Crippen molar-refractivity contribution in [2.75, 3.05) is 4.90 Å². The lowest BCUT2D eigenvalue weighted by Crippen LogP contribution is -2.29. The summed E-state index contributed by atoms with van der Waals surface area (Å²) in [4.78, 5) is 24.1. The molecule has 1 aliphatic rings. The van der Waals surface area contributed by atoms with Crippen LogP contribution in [0.3, 0.4) is 0 Å². The molecule has 0 aromatic heterocycles. The van der Waals surface area contributed by atoms with E-state index in [1.165, 1.54) is 6.07 Å². The van der Waals surface area contributed by atoms with Crippen LogP contribution in [0.5, 0.6) is 0 Å². The molecule has 0 spiro atoms. The minimum absolute atomic E-state index is 0.204. The molecule has 1 fully saturated rings. The lowest BCUT2D eigenvalue weighted by Gasteiger charge is -2.16. The summed E-state index contributed by atoms with van der Waals surface area (Å²) in [5.41, 5.74) is 1.03. The van der Waals surface area contributed by atoms with Gasteiger partial charge in [-0.1, -0.05) is 0 Å². The van der Waals surface area contributed by atoms with Crippen LogP contribution in [0.15, 0.2) is 16.6 Å². The SMILES string of the molecule is Cc1cc(Br)c(F)cc1N1C(=O)CCC1=O. The van der Waals surface area contributed by atoms with Crippen LogP contribution in [0.2, 0.25) is 0 Å². The van der Waals surface area contributed by atoms with Gasteiger partial charge in [0.25, 0.3) is 0 Å². The average molecular weight is 286 g/mol. The molecule has 2 rings (SSSR count). The van der Waals surface area contributed by atoms with Crippen LogP contribution in [0.4, 0.5) is 10.1 Å². The quantitative estimate of drug-likeness (QED) is 0.744. The van der Waals surface area contributed by atoms with Crippen molar-refractivity contribution in [1.82, 2.24) is 0 Å². The Kier molecular flexibility index (Phi) is 2.80. The monoisotopic (exact) mass is 285 g/mol. The molecule has 0 N–H and O–H groups in total. The number of carbonyl (C=O) groups is 2. The van der Waals surface area contributed by atoms with E-state index in [9.17, 15) is 14.0 Å². The number of hydrogen-bond acceptors (Lipinski definition) is 2. The molecule has 1 heterocycles. The number of benzene rings is 1. The second-order valence-corrected chi connectivity index (χ2v) is 4.53. The summed E-state index contributed by atoms with van der Waals surface area (Å²) in [5, 5.41) is 0. The molecule has 2 amide bonds. The third-order valence-corrected chi connectivity index (χ3v) is 3.14. The minimum atomic E-state index is -0.479. The summed E-state index contributed by atoms with van der Waals surface area (Å²) >= 11 is 3.06. The molecule has 0 aliphatic carbocycles. The van der Waals surface area contributed by atoms with Crippen molar-refractivity contribution in [2.45, 2.75) is 19.8 Å². The predicted octanol–water partition coefficient (Wildman–Crippen LogP) is 2.55. The molecule has 1 aromatic carbocycles. The van der Waals surface area contributed by atoms with E-state index in [0.29, 0.717) is 15.7 Å². The fraction of sp³-hybridized carbons (Fsp3) is 0.273. The Hall–Kier alpha value is -1.23. The lowest BCUT2D eigenvalue weighted by atomic mass is 10.2. The highest BCUT2D eigenvalue weighted by Crippen LogP contribution is 2.30. The summed E-state index contributed by atoms with van der Waals surface area (Å²) in [6, 6.07) is 2.77. The van der Waals surface area contributed by atoms with Crippen molar-refractivity contribution in [3.05, 3.63) is 28.0 Å². The number of rotatable bonds is 1. The molecule has 0 saturated carbocycles. The predicted molar refractivity (Wildman–Crippen MR) is 60.6 cm³/mol. The smallest absolute Gasteiger partial charge is 0.234 e. The molecular weight excluding hydrogens is 277 g/mol. The van der Waals surface area contributed by atoms with Crippen LogP contribution in [0.1, 0.15) is 18.4 Å². The maximum Gasteiger partial charge on any atom is 0.234 e. The van der Waals surface area contributed by atoms with Gasteiger partial charge >= 0.3 is 0 Å². The highest BCUT2D eigenvalue weighted by atomic mass is 79.9. The summed E-state index contributed by atoms with van der Waals surface area (Å²) in [6.07, 6.45) is 0.409. The number of nitrogens with zero attached hydrogens (tertiary/aromatic N) is 1. The van der Waals surface area contributed by atoms with E-state index >= 15 is 0 Å². The largest absolute Gasteiger partial charge is 0.274 e. The molecule has 16 heavy (non-hydrogen) atoms. The zero-order chi connectivity index (χ0) is 11.9. The van der Waals surface area contributed by atoms with E-state index in [-0.39, 0.29) is 24.7 Å². The normalized spacial score (nSPS) is 16.1. The van der Waals surface area contributed by atoms with E-state index in [1.54, 1.807) is 13.0 Å². The zero-order valence-electron chi connectivity index (χ0n) is 8.59. The van der Waals surface area contributed by atoms with Crippen molar-refractivity contribution in [3.8, 4) is 0 Å². The van der Waals surface area contributed by atoms with Gasteiger partial charge in [-0.3, -0.25) is 14.5 Å². The molecule has 84 valence electrons. The first-order chi connectivity index (χ1) is 7.50. The minimum Gasteiger partial charge on any atom is -0.274 e. The molecule has 0 radical (unpaired) electrons. The second kappa shape index (κ2) is 3.97. The number of anilines is 1. The number of hydrogen-bond donors (Lipinski definition) is 0. The van der Waals surface area contributed by atoms with Crippen molar-refractivity contribution in [2.24, 2.45) is 0 Å². The van der Waals surface area contributed by atoms with Gasteiger partial charge in [0.15, 0.2) is 0 Å². The molecule has 1 saturated heterocycles. The molecule has 0 atom stereocenters. The molecule has 1 aliphatic heterocycles. The van der Waals surface area contributed by atoms with Crippen LogP contribution >= 0.6 is 15.9 Å². The maximum absolute atomic E-state index is 13.4. The van der Waals surface area contributed by atoms with Crippen LogP contribution in [0, 0.1) is 12.7 Å². The number of aryl methyl sites for hydroxylation is 1. The molecular formula is C11H9BrFNO2. The Bertz CT molecular complexity index is 471. The van der Waals surface area contributed by atoms with Crippen LogP contribution in [-0.2, 0) is 9.59 Å². The Morgan fingerprint density at radius 2 is 1.81 bits per heavy atom. The van der Waals surface area contributed by atoms with Gasteiger partial charge in [0.2, 0.25) is 11.8 Å². The summed E-state index contributed by atoms with van der Waals surface area (Å²) < 4.78 is 13.7. The maximum atomic E-state index is 13.4. The van der Waals surface area contributed by atoms with E-state index in [1.807, 2.05) is 0 Å². The van der Waals surface area contributed by atoms with Gasteiger partial charge in [-0.05, 0) is 40.5 Å². The lowest BCUT2D eigenvalue weighted by molar-refractivity contribution is -0.121. The van der Waals surface area contributed by atoms with Gasteiger partial charge in [-0.15, -0.1) is 0 Å². The first-order valence-corrected chi connectivity index (χ1v) is 5.61. The molecule has 0 bridgehead atoms. The number of imide groups is 1. The first-order valence-electron chi connectivity index (χ1n) is 4.82. The van der Waals surface area contributed by atoms with Gasteiger partial charge in [-0.2, -0.15) is 0 Å². The summed E-state index contributed by atoms with van der Waals surface area (Å²) in [6.45, 7) is 1.73. The van der Waals surface area contributed by atoms with Crippen molar-refractivity contribution < 1.29 is 14.0 Å². The zero-order valence-corrected chi connectivity index (χ0v) is 10.2. The Morgan fingerprint density at radius 1 is 1.25 bits per heavy atom. The van der Waals surface area contributed by atoms with Crippen LogP contribution < -0.4 is 4.90 Å². The van der Waals surface area contributed by atoms with Crippen LogP contribution in [0.25, 0.3) is 0 Å². The standard InChI is InChI=1S/C11H9BrFNO2/c1-6-4-7(12)8(13)5-9(6)14-10(15)2-3-11(14)16/h4-5H,2-3H2,1H3. The van der Waals surface area contributed by atoms with Crippen LogP contribution in [-0.4, -0.2) is 11.8 Å². The van der Waals surface area contributed by atoms with Gasteiger partial charge in [0, 0.05) is 12.8 Å². The van der Waals surface area contributed by atoms with E-state index in [0.717, 1.165) is 4.90 Å². The van der Waals surface area contributed by atoms with E-state index in [2.05, 4.69) is 15.9 Å².